The number of esters is 1. The molecule has 0 radical (unpaired) electrons. The van der Waals surface area contributed by atoms with Gasteiger partial charge < -0.3 is 9.47 Å². The first-order chi connectivity index (χ1) is 10.7. The number of benzene rings is 1. The van der Waals surface area contributed by atoms with Crippen molar-refractivity contribution < 1.29 is 14.3 Å². The van der Waals surface area contributed by atoms with Crippen molar-refractivity contribution in [1.82, 2.24) is 4.98 Å². The Labute approximate surface area is 138 Å². The van der Waals surface area contributed by atoms with E-state index in [-0.39, 0.29) is 5.97 Å². The van der Waals surface area contributed by atoms with Crippen LogP contribution in [0.3, 0.4) is 0 Å². The summed E-state index contributed by atoms with van der Waals surface area (Å²) in [5, 5.41) is 0.817. The third-order valence-corrected chi connectivity index (χ3v) is 4.68. The Balaban J connectivity index is 2.13. The molecule has 0 saturated heterocycles. The predicted molar refractivity (Wildman–Crippen MR) is 92.1 cm³/mol. The molecule has 4 nitrogen and oxygen atoms in total. The molecule has 0 fully saturated rings. The van der Waals surface area contributed by atoms with Crippen LogP contribution in [0.15, 0.2) is 24.3 Å². The maximum Gasteiger partial charge on any atom is 0.350 e. The van der Waals surface area contributed by atoms with Crippen molar-refractivity contribution in [1.29, 1.82) is 0 Å². The third-order valence-electron chi connectivity index (χ3n) is 2.91. The molecule has 0 amide bonds. The molecule has 2 aromatic rings. The number of carbonyl (C=O) groups excluding carboxylic acids is 1. The minimum absolute atomic E-state index is 0.291. The van der Waals surface area contributed by atoms with E-state index in [9.17, 15) is 4.79 Å². The molecule has 0 spiro atoms. The van der Waals surface area contributed by atoms with Gasteiger partial charge in [-0.25, -0.2) is 9.78 Å². The smallest absolute Gasteiger partial charge is 0.350 e. The Kier molecular flexibility index (Phi) is 6.27. The second kappa shape index (κ2) is 8.19. The lowest BCUT2D eigenvalue weighted by Gasteiger charge is -2.03. The maximum absolute atomic E-state index is 12.0. The summed E-state index contributed by atoms with van der Waals surface area (Å²) >= 11 is 3.01. The highest BCUT2D eigenvalue weighted by Crippen LogP contribution is 2.29. The molecule has 0 aliphatic heterocycles. The molecule has 1 heterocycles. The Morgan fingerprint density at radius 1 is 1.32 bits per heavy atom. The van der Waals surface area contributed by atoms with Crippen molar-refractivity contribution in [2.24, 2.45) is 0 Å². The summed E-state index contributed by atoms with van der Waals surface area (Å²) in [5.41, 5.74) is 1.68. The first-order valence-electron chi connectivity index (χ1n) is 7.02. The van der Waals surface area contributed by atoms with Crippen LogP contribution in [0.1, 0.15) is 22.3 Å². The molecule has 118 valence electrons. The molecule has 0 N–H and O–H groups in total. The van der Waals surface area contributed by atoms with Gasteiger partial charge in [-0.15, -0.1) is 11.3 Å². The molecule has 22 heavy (non-hydrogen) atoms. The quantitative estimate of drug-likeness (QED) is 0.564. The second-order valence-corrected chi connectivity index (χ2v) is 6.50. The van der Waals surface area contributed by atoms with Crippen molar-refractivity contribution in [3.63, 3.8) is 0 Å². The van der Waals surface area contributed by atoms with Crippen LogP contribution in [0.4, 0.5) is 0 Å². The number of nitrogens with zero attached hydrogens (tertiary/aromatic N) is 1. The van der Waals surface area contributed by atoms with Crippen LogP contribution in [0.5, 0.6) is 5.75 Å². The molecule has 0 saturated carbocycles. The fourth-order valence-electron chi connectivity index (χ4n) is 1.85. The highest BCUT2D eigenvalue weighted by molar-refractivity contribution is 7.98. The summed E-state index contributed by atoms with van der Waals surface area (Å²) in [4.78, 5) is 17.1. The Morgan fingerprint density at radius 2 is 2.05 bits per heavy atom. The van der Waals surface area contributed by atoms with Crippen LogP contribution in [-0.4, -0.2) is 36.2 Å². The van der Waals surface area contributed by atoms with Gasteiger partial charge >= 0.3 is 5.97 Å². The molecule has 0 unspecified atom stereocenters. The molecule has 1 aromatic heterocycles. The van der Waals surface area contributed by atoms with Gasteiger partial charge in [0.25, 0.3) is 0 Å². The van der Waals surface area contributed by atoms with Crippen LogP contribution in [0, 0.1) is 6.92 Å². The monoisotopic (exact) mass is 337 g/mol. The van der Waals surface area contributed by atoms with E-state index in [1.807, 2.05) is 44.4 Å². The number of rotatable bonds is 7. The fraction of sp³-hybridized carbons (Fsp3) is 0.375. The van der Waals surface area contributed by atoms with E-state index in [4.69, 9.17) is 9.47 Å². The zero-order valence-electron chi connectivity index (χ0n) is 12.9. The lowest BCUT2D eigenvalue weighted by molar-refractivity contribution is 0.0535. The normalized spacial score (nSPS) is 10.5. The number of carbonyl (C=O) groups is 1. The van der Waals surface area contributed by atoms with Gasteiger partial charge in [0.15, 0.2) is 0 Å². The largest absolute Gasteiger partial charge is 0.494 e. The number of aryl methyl sites for hydroxylation is 1. The molecule has 2 rings (SSSR count). The van der Waals surface area contributed by atoms with Gasteiger partial charge in [0.05, 0.1) is 12.3 Å². The van der Waals surface area contributed by atoms with Gasteiger partial charge in [0, 0.05) is 11.3 Å². The topological polar surface area (TPSA) is 48.4 Å². The Bertz CT molecular complexity index is 623. The van der Waals surface area contributed by atoms with Crippen molar-refractivity contribution in [3.8, 4) is 16.3 Å². The lowest BCUT2D eigenvalue weighted by Crippen LogP contribution is -2.07. The molecule has 0 atom stereocenters. The van der Waals surface area contributed by atoms with E-state index < -0.39 is 0 Å². The SMILES string of the molecule is CCOc1ccc(-c2nc(C)c(C(=O)OCCSC)s2)cc1. The average molecular weight is 337 g/mol. The zero-order valence-corrected chi connectivity index (χ0v) is 14.6. The Hall–Kier alpha value is -1.53. The van der Waals surface area contributed by atoms with E-state index in [1.54, 1.807) is 11.8 Å². The first kappa shape index (κ1) is 16.8. The van der Waals surface area contributed by atoms with Crippen molar-refractivity contribution in [2.75, 3.05) is 25.2 Å². The molecular weight excluding hydrogens is 318 g/mol. The van der Waals surface area contributed by atoms with E-state index in [2.05, 4.69) is 4.98 Å². The number of thioether (sulfide) groups is 1. The third kappa shape index (κ3) is 4.24. The second-order valence-electron chi connectivity index (χ2n) is 4.52. The van der Waals surface area contributed by atoms with Gasteiger partial charge in [-0.1, -0.05) is 0 Å². The summed E-state index contributed by atoms with van der Waals surface area (Å²) < 4.78 is 10.7. The fourth-order valence-corrected chi connectivity index (χ4v) is 3.07. The predicted octanol–water partition coefficient (Wildman–Crippen LogP) is 4.04. The highest BCUT2D eigenvalue weighted by Gasteiger charge is 2.17. The van der Waals surface area contributed by atoms with Crippen LogP contribution >= 0.6 is 23.1 Å². The molecule has 0 aliphatic carbocycles. The van der Waals surface area contributed by atoms with Gasteiger partial charge in [0.1, 0.15) is 22.2 Å². The van der Waals surface area contributed by atoms with Gasteiger partial charge in [0.2, 0.25) is 0 Å². The van der Waals surface area contributed by atoms with E-state index in [1.165, 1.54) is 11.3 Å². The molecule has 0 aliphatic rings. The van der Waals surface area contributed by atoms with Crippen molar-refractivity contribution in [2.45, 2.75) is 13.8 Å². The number of hydrogen-bond acceptors (Lipinski definition) is 6. The zero-order chi connectivity index (χ0) is 15.9. The maximum atomic E-state index is 12.0. The summed E-state index contributed by atoms with van der Waals surface area (Å²) in [6.07, 6.45) is 1.98. The number of hydrogen-bond donors (Lipinski definition) is 0. The summed E-state index contributed by atoms with van der Waals surface area (Å²) in [6, 6.07) is 7.72. The summed E-state index contributed by atoms with van der Waals surface area (Å²) in [5.74, 6) is 1.34. The summed E-state index contributed by atoms with van der Waals surface area (Å²) in [6.45, 7) is 4.85. The van der Waals surface area contributed by atoms with Crippen LogP contribution in [-0.2, 0) is 4.74 Å². The lowest BCUT2D eigenvalue weighted by atomic mass is 10.2. The van der Waals surface area contributed by atoms with Gasteiger partial charge in [-0.2, -0.15) is 11.8 Å². The average Bonchev–Trinajstić information content (AvgIpc) is 2.90. The Morgan fingerprint density at radius 3 is 2.68 bits per heavy atom. The van der Waals surface area contributed by atoms with E-state index >= 15 is 0 Å². The molecule has 6 heteroatoms. The van der Waals surface area contributed by atoms with Crippen LogP contribution in [0.25, 0.3) is 10.6 Å². The summed E-state index contributed by atoms with van der Waals surface area (Å²) in [7, 11) is 0. The number of ether oxygens (including phenoxy) is 2. The van der Waals surface area contributed by atoms with E-state index in [0.29, 0.717) is 23.8 Å². The number of thiazole rings is 1. The minimum atomic E-state index is -0.291. The molecular formula is C16H19NO3S2. The molecule has 1 aromatic carbocycles. The van der Waals surface area contributed by atoms with Crippen LogP contribution < -0.4 is 4.74 Å². The van der Waals surface area contributed by atoms with Crippen molar-refractivity contribution in [3.05, 3.63) is 34.8 Å². The molecule has 0 bridgehead atoms. The highest BCUT2D eigenvalue weighted by atomic mass is 32.2. The van der Waals surface area contributed by atoms with Gasteiger partial charge in [-0.05, 0) is 44.4 Å². The van der Waals surface area contributed by atoms with Crippen LogP contribution in [0.2, 0.25) is 0 Å². The van der Waals surface area contributed by atoms with Crippen molar-refractivity contribution >= 4 is 29.1 Å². The minimum Gasteiger partial charge on any atom is -0.494 e. The first-order valence-corrected chi connectivity index (χ1v) is 9.23. The number of aromatic nitrogens is 1. The van der Waals surface area contributed by atoms with Gasteiger partial charge in [-0.3, -0.25) is 0 Å². The van der Waals surface area contributed by atoms with E-state index in [0.717, 1.165) is 22.1 Å². The standard InChI is InChI=1S/C16H19NO3S2/c1-4-19-13-7-5-12(6-8-13)15-17-11(2)14(22-15)16(18)20-9-10-21-3/h5-8H,4,9-10H2,1-3H3.